The maximum absolute atomic E-state index is 5.77. The topological polar surface area (TPSA) is 80.8 Å². The highest BCUT2D eigenvalue weighted by Gasteiger charge is 2.06. The Labute approximate surface area is 166 Å². The average molecular weight is 373 g/mol. The van der Waals surface area contributed by atoms with Gasteiger partial charge in [0.05, 0.1) is 11.9 Å². The maximum Gasteiger partial charge on any atom is 0.146 e. The third-order valence-corrected chi connectivity index (χ3v) is 4.10. The van der Waals surface area contributed by atoms with Gasteiger partial charge in [-0.25, -0.2) is 4.98 Å². The largest absolute Gasteiger partial charge is 0.382 e. The second-order valence-corrected chi connectivity index (χ2v) is 6.42. The van der Waals surface area contributed by atoms with Crippen molar-refractivity contribution < 1.29 is 4.28 Å². The highest BCUT2D eigenvalue weighted by Crippen LogP contribution is 2.13. The minimum absolute atomic E-state index is 0. The van der Waals surface area contributed by atoms with E-state index in [-0.39, 0.29) is 4.28 Å². The van der Waals surface area contributed by atoms with Gasteiger partial charge in [-0.2, -0.15) is 5.10 Å². The molecular formula is C21H36N6. The Morgan fingerprint density at radius 2 is 1.81 bits per heavy atom. The SMILES string of the molecule is C[C@H](CNCCCNc1cccnc1N)c1cnn(C)c1.[HH].[HH].[HH].c1ccccc1. The first kappa shape index (κ1) is 20.5. The van der Waals surface area contributed by atoms with Crippen molar-refractivity contribution in [2.75, 3.05) is 30.7 Å². The van der Waals surface area contributed by atoms with Crippen molar-refractivity contribution in [1.29, 1.82) is 0 Å². The molecule has 6 nitrogen and oxygen atoms in total. The highest BCUT2D eigenvalue weighted by molar-refractivity contribution is 5.60. The van der Waals surface area contributed by atoms with Gasteiger partial charge in [-0.1, -0.05) is 43.3 Å². The number of aromatic nitrogens is 3. The molecule has 150 valence electrons. The molecule has 0 aliphatic rings. The number of pyridine rings is 1. The summed E-state index contributed by atoms with van der Waals surface area (Å²) in [5, 5.41) is 11.0. The minimum atomic E-state index is 0. The van der Waals surface area contributed by atoms with Crippen LogP contribution in [0.3, 0.4) is 0 Å². The molecule has 27 heavy (non-hydrogen) atoms. The molecular weight excluding hydrogens is 336 g/mol. The molecule has 0 aliphatic carbocycles. The number of benzene rings is 1. The highest BCUT2D eigenvalue weighted by atomic mass is 15.2. The van der Waals surface area contributed by atoms with Crippen LogP contribution in [0.2, 0.25) is 0 Å². The maximum atomic E-state index is 5.77. The second-order valence-electron chi connectivity index (χ2n) is 6.42. The van der Waals surface area contributed by atoms with E-state index in [0.717, 1.165) is 31.7 Å². The van der Waals surface area contributed by atoms with Gasteiger partial charge in [0.25, 0.3) is 0 Å². The summed E-state index contributed by atoms with van der Waals surface area (Å²) in [5.41, 5.74) is 7.94. The molecule has 6 heteroatoms. The summed E-state index contributed by atoms with van der Waals surface area (Å²) in [6.07, 6.45) is 6.73. The van der Waals surface area contributed by atoms with E-state index in [0.29, 0.717) is 11.7 Å². The van der Waals surface area contributed by atoms with Gasteiger partial charge in [-0.05, 0) is 36.6 Å². The van der Waals surface area contributed by atoms with Crippen molar-refractivity contribution in [3.63, 3.8) is 0 Å². The van der Waals surface area contributed by atoms with Crippen LogP contribution in [0.4, 0.5) is 11.5 Å². The standard InChI is InChI=1S/C15H24N6.C6H6.3H2/c1-12(13-10-20-21(2)11-13)9-17-6-4-8-18-14-5-3-7-19-15(14)16;1-2-4-6-5-3-1;;;/h3,5,7,10-12,17-18H,4,6,8-9H2,1-2H3,(H2,16,19);1-6H;3*1H/t12-;;;;/m1..../s1. The van der Waals surface area contributed by atoms with E-state index in [2.05, 4.69) is 33.8 Å². The fourth-order valence-electron chi connectivity index (χ4n) is 2.52. The van der Waals surface area contributed by atoms with Crippen LogP contribution in [0.5, 0.6) is 0 Å². The number of hydrogen-bond donors (Lipinski definition) is 3. The molecule has 0 unspecified atom stereocenters. The van der Waals surface area contributed by atoms with Crippen molar-refractivity contribution >= 4 is 11.5 Å². The number of anilines is 2. The lowest BCUT2D eigenvalue weighted by molar-refractivity contribution is 0.603. The minimum Gasteiger partial charge on any atom is -0.382 e. The molecule has 0 spiro atoms. The fraction of sp³-hybridized carbons (Fsp3) is 0.333. The summed E-state index contributed by atoms with van der Waals surface area (Å²) in [4.78, 5) is 4.04. The number of aryl methyl sites for hydroxylation is 1. The smallest absolute Gasteiger partial charge is 0.146 e. The Morgan fingerprint density at radius 1 is 1.11 bits per heavy atom. The van der Waals surface area contributed by atoms with Crippen molar-refractivity contribution in [2.24, 2.45) is 7.05 Å². The molecule has 0 amide bonds. The van der Waals surface area contributed by atoms with Crippen molar-refractivity contribution in [1.82, 2.24) is 20.1 Å². The molecule has 0 aliphatic heterocycles. The van der Waals surface area contributed by atoms with Crippen LogP contribution in [0.25, 0.3) is 0 Å². The third-order valence-electron chi connectivity index (χ3n) is 4.10. The molecule has 0 radical (unpaired) electrons. The van der Waals surface area contributed by atoms with Gasteiger partial charge in [-0.15, -0.1) is 0 Å². The van der Waals surface area contributed by atoms with Crippen LogP contribution >= 0.6 is 0 Å². The Hall–Kier alpha value is -2.86. The first-order valence-corrected chi connectivity index (χ1v) is 9.30. The van der Waals surface area contributed by atoms with Crippen molar-refractivity contribution in [2.45, 2.75) is 19.3 Å². The fourth-order valence-corrected chi connectivity index (χ4v) is 2.52. The number of nitrogens with two attached hydrogens (primary N) is 1. The normalized spacial score (nSPS) is 11.3. The zero-order valence-corrected chi connectivity index (χ0v) is 16.2. The molecule has 0 saturated carbocycles. The monoisotopic (exact) mass is 372 g/mol. The lowest BCUT2D eigenvalue weighted by Crippen LogP contribution is -2.22. The second kappa shape index (κ2) is 11.7. The summed E-state index contributed by atoms with van der Waals surface area (Å²) in [6.45, 7) is 5.02. The van der Waals surface area contributed by atoms with E-state index in [1.807, 2.05) is 66.5 Å². The molecule has 2 heterocycles. The summed E-state index contributed by atoms with van der Waals surface area (Å²) < 4.78 is 1.84. The van der Waals surface area contributed by atoms with Crippen LogP contribution in [0.15, 0.2) is 67.1 Å². The summed E-state index contributed by atoms with van der Waals surface area (Å²) >= 11 is 0. The van der Waals surface area contributed by atoms with Crippen LogP contribution in [-0.2, 0) is 7.05 Å². The predicted molar refractivity (Wildman–Crippen MR) is 119 cm³/mol. The number of nitrogens with one attached hydrogen (secondary N) is 2. The number of hydrogen-bond acceptors (Lipinski definition) is 5. The van der Waals surface area contributed by atoms with Gasteiger partial charge in [0.2, 0.25) is 0 Å². The molecule has 2 aromatic heterocycles. The van der Waals surface area contributed by atoms with Gasteiger partial charge in [0, 0.05) is 36.8 Å². The molecule has 4 N–H and O–H groups in total. The Kier molecular flexibility index (Phi) is 8.86. The Morgan fingerprint density at radius 3 is 2.41 bits per heavy atom. The molecule has 0 saturated heterocycles. The first-order chi connectivity index (χ1) is 13.2. The van der Waals surface area contributed by atoms with Gasteiger partial charge >= 0.3 is 0 Å². The third kappa shape index (κ3) is 7.92. The van der Waals surface area contributed by atoms with E-state index >= 15 is 0 Å². The molecule has 1 aromatic carbocycles. The zero-order valence-electron chi connectivity index (χ0n) is 16.2. The zero-order chi connectivity index (χ0) is 19.3. The van der Waals surface area contributed by atoms with E-state index in [1.165, 1.54) is 5.56 Å². The Bertz CT molecular complexity index is 743. The quantitative estimate of drug-likeness (QED) is 0.520. The van der Waals surface area contributed by atoms with Crippen LogP contribution in [-0.4, -0.2) is 34.4 Å². The lowest BCUT2D eigenvalue weighted by Gasteiger charge is -2.11. The van der Waals surface area contributed by atoms with E-state index in [1.54, 1.807) is 6.20 Å². The van der Waals surface area contributed by atoms with Crippen molar-refractivity contribution in [3.8, 4) is 0 Å². The molecule has 0 bridgehead atoms. The van der Waals surface area contributed by atoms with Gasteiger partial charge < -0.3 is 16.4 Å². The number of nitrogen functional groups attached to an aromatic ring is 1. The van der Waals surface area contributed by atoms with Crippen molar-refractivity contribution in [3.05, 3.63) is 72.7 Å². The summed E-state index contributed by atoms with van der Waals surface area (Å²) in [5.74, 6) is 1.02. The number of nitrogens with zero attached hydrogens (tertiary/aromatic N) is 3. The van der Waals surface area contributed by atoms with Crippen LogP contribution in [0, 0.1) is 0 Å². The summed E-state index contributed by atoms with van der Waals surface area (Å²) in [6, 6.07) is 15.8. The molecule has 1 atom stereocenters. The lowest BCUT2D eigenvalue weighted by atomic mass is 10.1. The van der Waals surface area contributed by atoms with E-state index in [4.69, 9.17) is 5.73 Å². The average Bonchev–Trinajstić information content (AvgIpc) is 3.14. The Balaban J connectivity index is 0. The summed E-state index contributed by atoms with van der Waals surface area (Å²) in [7, 11) is 1.94. The predicted octanol–water partition coefficient (Wildman–Crippen LogP) is 4.02. The van der Waals surface area contributed by atoms with E-state index in [9.17, 15) is 0 Å². The van der Waals surface area contributed by atoms with Gasteiger partial charge in [-0.3, -0.25) is 4.68 Å². The molecule has 0 fully saturated rings. The van der Waals surface area contributed by atoms with Crippen LogP contribution < -0.4 is 16.4 Å². The first-order valence-electron chi connectivity index (χ1n) is 9.30. The molecule has 3 rings (SSSR count). The van der Waals surface area contributed by atoms with Crippen LogP contribution in [0.1, 0.15) is 29.1 Å². The van der Waals surface area contributed by atoms with Gasteiger partial charge in [0.15, 0.2) is 0 Å². The number of rotatable bonds is 8. The van der Waals surface area contributed by atoms with E-state index < -0.39 is 0 Å². The molecule has 3 aromatic rings. The van der Waals surface area contributed by atoms with Gasteiger partial charge in [0.1, 0.15) is 5.82 Å².